The van der Waals surface area contributed by atoms with Gasteiger partial charge in [0.2, 0.25) is 0 Å². The zero-order chi connectivity index (χ0) is 4.50. The number of hydrogen-bond donors (Lipinski definition) is 0. The molecule has 7 heteroatoms. The van der Waals surface area contributed by atoms with E-state index in [4.69, 9.17) is 13.3 Å². The molecule has 0 bridgehead atoms. The van der Waals surface area contributed by atoms with Crippen LogP contribution in [0.1, 0.15) is 0 Å². The van der Waals surface area contributed by atoms with Gasteiger partial charge in [-0.25, -0.2) is 0 Å². The SMILES string of the molecule is O=S([O-])([O-])=S.[Li+].[Na+]. The maximum absolute atomic E-state index is 8.89. The van der Waals surface area contributed by atoms with Crippen LogP contribution in [-0.4, -0.2) is 13.3 Å². The smallest absolute Gasteiger partial charge is 0.780 e. The van der Waals surface area contributed by atoms with Crippen LogP contribution in [0.4, 0.5) is 0 Å². The molecule has 0 saturated heterocycles. The van der Waals surface area contributed by atoms with Crippen molar-refractivity contribution in [1.29, 1.82) is 0 Å². The van der Waals surface area contributed by atoms with Crippen LogP contribution in [0.2, 0.25) is 0 Å². The molecule has 0 aliphatic rings. The van der Waals surface area contributed by atoms with Crippen molar-refractivity contribution in [1.82, 2.24) is 0 Å². The molecular formula is LiNaO3S2. The largest absolute Gasteiger partial charge is 1.00 e. The van der Waals surface area contributed by atoms with Gasteiger partial charge in [0.1, 0.15) is 0 Å². The molecule has 0 atom stereocenters. The Hall–Kier alpha value is 1.89. The van der Waals surface area contributed by atoms with Crippen molar-refractivity contribution in [3.8, 4) is 0 Å². The van der Waals surface area contributed by atoms with Gasteiger partial charge in [0, 0.05) is 0 Å². The topological polar surface area (TPSA) is 63.2 Å². The Labute approximate surface area is 81.0 Å². The predicted octanol–water partition coefficient (Wildman–Crippen LogP) is -7.00. The van der Waals surface area contributed by atoms with Gasteiger partial charge in [0.15, 0.2) is 0 Å². The Morgan fingerprint density at radius 1 is 1.43 bits per heavy atom. The molecule has 7 heavy (non-hydrogen) atoms. The third-order valence-electron chi connectivity index (χ3n) is 0. The second-order valence-corrected chi connectivity index (χ2v) is 2.45. The molecule has 0 heterocycles. The fourth-order valence-electron chi connectivity index (χ4n) is 0. The van der Waals surface area contributed by atoms with Gasteiger partial charge < -0.3 is 9.11 Å². The average Bonchev–Trinajstić information content (AvgIpc) is 0.722. The normalized spacial score (nSPS) is 8.29. The van der Waals surface area contributed by atoms with Gasteiger partial charge in [-0.1, -0.05) is 0 Å². The summed E-state index contributed by atoms with van der Waals surface area (Å²) in [6, 6.07) is 0. The van der Waals surface area contributed by atoms with Crippen molar-refractivity contribution in [2.75, 3.05) is 0 Å². The Bertz CT molecular complexity index is 96.1. The van der Waals surface area contributed by atoms with Crippen molar-refractivity contribution in [3.63, 3.8) is 0 Å². The Morgan fingerprint density at radius 2 is 1.43 bits per heavy atom. The van der Waals surface area contributed by atoms with Gasteiger partial charge in [0.25, 0.3) is 0 Å². The molecule has 0 unspecified atom stereocenters. The van der Waals surface area contributed by atoms with E-state index in [1.54, 1.807) is 0 Å². The molecule has 3 nitrogen and oxygen atoms in total. The van der Waals surface area contributed by atoms with E-state index in [9.17, 15) is 0 Å². The van der Waals surface area contributed by atoms with Crippen LogP contribution in [-0.2, 0) is 20.2 Å². The number of rotatable bonds is 0. The van der Waals surface area contributed by atoms with Gasteiger partial charge in [-0.05, 0) is 11.2 Å². The molecule has 0 fully saturated rings. The third-order valence-corrected chi connectivity index (χ3v) is 0. The molecule has 0 aromatic carbocycles. The van der Waals surface area contributed by atoms with E-state index in [0.29, 0.717) is 0 Å². The van der Waals surface area contributed by atoms with Gasteiger partial charge in [-0.15, -0.1) is 9.05 Å². The second kappa shape index (κ2) is 6.01. The number of hydrogen-bond acceptors (Lipinski definition) is 4. The van der Waals surface area contributed by atoms with Gasteiger partial charge in [0.05, 0.1) is 0 Å². The zero-order valence-electron chi connectivity index (χ0n) is 4.04. The minimum absolute atomic E-state index is 0. The van der Waals surface area contributed by atoms with Crippen LogP contribution in [0.25, 0.3) is 0 Å². The van der Waals surface area contributed by atoms with E-state index in [1.165, 1.54) is 0 Å². The molecule has 0 amide bonds. The summed E-state index contributed by atoms with van der Waals surface area (Å²) in [5.74, 6) is 0. The maximum atomic E-state index is 8.89. The van der Waals surface area contributed by atoms with Crippen LogP contribution in [0.3, 0.4) is 0 Å². The standard InChI is InChI=1S/Li.Na.H2O3S2/c;;1-5(2,3)4/h;;(H2,1,2,3,4)/q2*+1;/p-2. The summed E-state index contributed by atoms with van der Waals surface area (Å²) in [5, 5.41) is 0. The molecule has 0 aromatic rings. The summed E-state index contributed by atoms with van der Waals surface area (Å²) in [6.45, 7) is 0. The van der Waals surface area contributed by atoms with Crippen molar-refractivity contribution < 1.29 is 61.7 Å². The molecule has 0 rings (SSSR count). The van der Waals surface area contributed by atoms with Crippen molar-refractivity contribution in [2.45, 2.75) is 0 Å². The molecule has 0 saturated carbocycles. The summed E-state index contributed by atoms with van der Waals surface area (Å²) in [6.07, 6.45) is 0. The third kappa shape index (κ3) is 76.7. The van der Waals surface area contributed by atoms with E-state index in [1.807, 2.05) is 0 Å². The first-order valence-corrected chi connectivity index (χ1v) is 3.00. The molecule has 0 aliphatic carbocycles. The fraction of sp³-hybridized carbons (Fsp3) is 0. The van der Waals surface area contributed by atoms with E-state index < -0.39 is 9.05 Å². The van der Waals surface area contributed by atoms with Crippen molar-refractivity contribution in [3.05, 3.63) is 0 Å². The van der Waals surface area contributed by atoms with E-state index in [-0.39, 0.29) is 48.4 Å². The van der Waals surface area contributed by atoms with E-state index >= 15 is 0 Å². The zero-order valence-corrected chi connectivity index (χ0v) is 7.67. The molecule has 0 N–H and O–H groups in total. The average molecular weight is 142 g/mol. The van der Waals surface area contributed by atoms with Crippen LogP contribution >= 0.6 is 0 Å². The minimum Gasteiger partial charge on any atom is -0.780 e. The molecule has 0 radical (unpaired) electrons. The summed E-state index contributed by atoms with van der Waals surface area (Å²) in [4.78, 5) is 0. The van der Waals surface area contributed by atoms with Crippen LogP contribution in [0, 0.1) is 0 Å². The second-order valence-electron chi connectivity index (χ2n) is 0.408. The van der Waals surface area contributed by atoms with Crippen molar-refractivity contribution >= 4 is 20.2 Å². The van der Waals surface area contributed by atoms with Gasteiger partial charge in [-0.3, -0.25) is 4.21 Å². The van der Waals surface area contributed by atoms with Gasteiger partial charge >= 0.3 is 48.4 Å². The summed E-state index contributed by atoms with van der Waals surface area (Å²) < 4.78 is 26.7. The first-order chi connectivity index (χ1) is 2.00. The van der Waals surface area contributed by atoms with Crippen molar-refractivity contribution in [2.24, 2.45) is 0 Å². The quantitative estimate of drug-likeness (QED) is 0.315. The summed E-state index contributed by atoms with van der Waals surface area (Å²) in [5.41, 5.74) is 0. The van der Waals surface area contributed by atoms with Gasteiger partial charge in [-0.2, -0.15) is 0 Å². The minimum atomic E-state index is -4.33. The first-order valence-electron chi connectivity index (χ1n) is 0.667. The van der Waals surface area contributed by atoms with Crippen LogP contribution in [0.5, 0.6) is 0 Å². The van der Waals surface area contributed by atoms with Crippen LogP contribution in [0.15, 0.2) is 0 Å². The summed E-state index contributed by atoms with van der Waals surface area (Å²) in [7, 11) is -4.33. The molecular weight excluding hydrogens is 142 g/mol. The first kappa shape index (κ1) is 16.0. The van der Waals surface area contributed by atoms with E-state index in [0.717, 1.165) is 0 Å². The Kier molecular flexibility index (Phi) is 13.7. The molecule has 0 aromatic heterocycles. The predicted molar refractivity (Wildman–Crippen MR) is 17.1 cm³/mol. The Balaban J connectivity index is -0.0000000800. The Morgan fingerprint density at radius 3 is 1.43 bits per heavy atom. The molecule has 32 valence electrons. The monoisotopic (exact) mass is 142 g/mol. The summed E-state index contributed by atoms with van der Waals surface area (Å²) >= 11 is 3.24. The molecule has 0 aliphatic heterocycles. The van der Waals surface area contributed by atoms with E-state index in [2.05, 4.69) is 11.2 Å². The fourth-order valence-corrected chi connectivity index (χ4v) is 0. The molecule has 0 spiro atoms. The van der Waals surface area contributed by atoms with Crippen LogP contribution < -0.4 is 48.4 Å². The maximum Gasteiger partial charge on any atom is 1.00 e.